The summed E-state index contributed by atoms with van der Waals surface area (Å²) in [5, 5.41) is 19.9. The summed E-state index contributed by atoms with van der Waals surface area (Å²) in [6.45, 7) is 0. The third kappa shape index (κ3) is 3.55. The van der Waals surface area contributed by atoms with E-state index in [9.17, 15) is 5.11 Å². The first-order valence-electron chi connectivity index (χ1n) is 7.20. The second kappa shape index (κ2) is 7.65. The van der Waals surface area contributed by atoms with Crippen molar-refractivity contribution in [1.82, 2.24) is 4.98 Å². The van der Waals surface area contributed by atoms with Crippen molar-refractivity contribution in [2.24, 2.45) is 10.2 Å². The van der Waals surface area contributed by atoms with E-state index in [0.717, 1.165) is 27.5 Å². The minimum absolute atomic E-state index is 0. The number of hydrogen-bond donors (Lipinski definition) is 1. The zero-order valence-electron chi connectivity index (χ0n) is 13.0. The van der Waals surface area contributed by atoms with Crippen molar-refractivity contribution < 1.29 is 28.0 Å². The van der Waals surface area contributed by atoms with Gasteiger partial charge >= 0.3 is 0 Å². The third-order valence-electron chi connectivity index (χ3n) is 3.62. The van der Waals surface area contributed by atoms with Gasteiger partial charge in [0.2, 0.25) is 5.52 Å². The average molecular weight is 355 g/mol. The summed E-state index contributed by atoms with van der Waals surface area (Å²) in [7, 11) is 0. The van der Waals surface area contributed by atoms with Gasteiger partial charge in [0.15, 0.2) is 6.20 Å². The number of phenolic OH excluding ortho intramolecular Hbond substituents is 1. The number of fused-ring (bicyclic) bond motifs is 3. The monoisotopic (exact) mass is 354 g/mol. The molecule has 7 heteroatoms. The van der Waals surface area contributed by atoms with Gasteiger partial charge < -0.3 is 23.0 Å². The molecule has 0 aliphatic rings. The molecule has 0 radical (unpaired) electrons. The molecule has 0 amide bonds. The Kier molecular flexibility index (Phi) is 5.59. The number of aromatic nitrogens is 2. The van der Waals surface area contributed by atoms with Crippen LogP contribution in [0.15, 0.2) is 77.2 Å². The fourth-order valence-corrected chi connectivity index (χ4v) is 2.53. The van der Waals surface area contributed by atoms with Crippen molar-refractivity contribution in [1.29, 1.82) is 0 Å². The molecular weight excluding hydrogens is 340 g/mol. The molecule has 4 aromatic rings. The van der Waals surface area contributed by atoms with Crippen LogP contribution in [0.5, 0.6) is 5.75 Å². The van der Waals surface area contributed by atoms with E-state index in [4.69, 9.17) is 0 Å². The number of azo groups is 1. The second-order valence-electron chi connectivity index (χ2n) is 5.15. The normalized spacial score (nSPS) is 10.6. The Hall–Kier alpha value is -3.09. The number of hydrogen-bond acceptors (Lipinski definition) is 4. The highest BCUT2D eigenvalue weighted by molar-refractivity contribution is 6.06. The van der Waals surface area contributed by atoms with E-state index in [1.807, 2.05) is 36.5 Å². The van der Waals surface area contributed by atoms with Crippen LogP contribution in [-0.2, 0) is 0 Å². The van der Waals surface area contributed by atoms with Crippen LogP contribution < -0.4 is 17.4 Å². The van der Waals surface area contributed by atoms with Crippen LogP contribution in [-0.4, -0.2) is 15.6 Å². The predicted octanol–water partition coefficient (Wildman–Crippen LogP) is 0.502. The topological polar surface area (TPSA) is 103 Å². The third-order valence-corrected chi connectivity index (χ3v) is 3.62. The van der Waals surface area contributed by atoms with Gasteiger partial charge in [0.05, 0.1) is 16.8 Å². The Morgan fingerprint density at radius 3 is 2.56 bits per heavy atom. The molecule has 0 spiro atoms. The largest absolute Gasteiger partial charge is 1.00 e. The lowest BCUT2D eigenvalue weighted by molar-refractivity contribution is -0.343. The molecule has 4 rings (SSSR count). The molecule has 0 unspecified atom stereocenters. The molecule has 2 aromatic carbocycles. The number of aromatic hydroxyl groups is 1. The molecule has 4 N–H and O–H groups in total. The van der Waals surface area contributed by atoms with Crippen LogP contribution in [0.3, 0.4) is 0 Å². The molecule has 2 heterocycles. The fourth-order valence-electron chi connectivity index (χ4n) is 2.53. The van der Waals surface area contributed by atoms with Gasteiger partial charge in [-0.3, -0.25) is 0 Å². The standard InChI is InChI=1S/C18H12N4O.ClH.H2O/c23-14-7-5-13(6-8-14)21-22-16-11-12-3-1-9-19-17(12)18-15(16)4-2-10-20-18;;/h1-11,23H;1H;1H2. The van der Waals surface area contributed by atoms with Crippen molar-refractivity contribution in [2.75, 3.05) is 0 Å². The molecule has 25 heavy (non-hydrogen) atoms. The van der Waals surface area contributed by atoms with Crippen LogP contribution in [0, 0.1) is 0 Å². The van der Waals surface area contributed by atoms with Gasteiger partial charge in [-0.15, -0.1) is 5.11 Å². The van der Waals surface area contributed by atoms with Crippen LogP contribution in [0.1, 0.15) is 0 Å². The maximum absolute atomic E-state index is 9.32. The molecule has 6 nitrogen and oxygen atoms in total. The predicted molar refractivity (Wildman–Crippen MR) is 91.7 cm³/mol. The zero-order chi connectivity index (χ0) is 15.6. The highest BCUT2D eigenvalue weighted by Crippen LogP contribution is 2.31. The summed E-state index contributed by atoms with van der Waals surface area (Å²) in [4.78, 5) is 7.71. The van der Waals surface area contributed by atoms with Gasteiger partial charge in [-0.05, 0) is 48.5 Å². The lowest BCUT2D eigenvalue weighted by Gasteiger charge is -2.02. The highest BCUT2D eigenvalue weighted by atomic mass is 35.5. The first-order valence-corrected chi connectivity index (χ1v) is 7.20. The van der Waals surface area contributed by atoms with E-state index in [0.29, 0.717) is 5.69 Å². The number of aromatic amines is 1. The van der Waals surface area contributed by atoms with E-state index in [2.05, 4.69) is 20.2 Å². The number of benzene rings is 2. The first-order chi connectivity index (χ1) is 11.3. The molecule has 126 valence electrons. The maximum Gasteiger partial charge on any atom is 0.237 e. The highest BCUT2D eigenvalue weighted by Gasteiger charge is 2.11. The van der Waals surface area contributed by atoms with E-state index in [-0.39, 0.29) is 23.6 Å². The van der Waals surface area contributed by atoms with Crippen LogP contribution in [0.25, 0.3) is 21.8 Å². The molecule has 0 atom stereocenters. The summed E-state index contributed by atoms with van der Waals surface area (Å²) < 4.78 is 0. The summed E-state index contributed by atoms with van der Waals surface area (Å²) in [6.07, 6.45) is 3.65. The Labute approximate surface area is 149 Å². The Morgan fingerprint density at radius 1 is 0.960 bits per heavy atom. The minimum atomic E-state index is 0. The lowest BCUT2D eigenvalue weighted by Crippen LogP contribution is -3.00. The van der Waals surface area contributed by atoms with Gasteiger partial charge in [0.25, 0.3) is 0 Å². The van der Waals surface area contributed by atoms with E-state index in [1.54, 1.807) is 30.5 Å². The van der Waals surface area contributed by atoms with Crippen molar-refractivity contribution in [3.8, 4) is 5.75 Å². The number of rotatable bonds is 2. The Balaban J connectivity index is 0.00000113. The van der Waals surface area contributed by atoms with Crippen LogP contribution in [0.2, 0.25) is 0 Å². The molecule has 0 fully saturated rings. The number of H-pyrrole nitrogens is 1. The van der Waals surface area contributed by atoms with Crippen molar-refractivity contribution in [3.63, 3.8) is 0 Å². The molecule has 0 bridgehead atoms. The van der Waals surface area contributed by atoms with E-state index < -0.39 is 0 Å². The van der Waals surface area contributed by atoms with Crippen molar-refractivity contribution in [2.45, 2.75) is 0 Å². The smallest absolute Gasteiger partial charge is 0.237 e. The van der Waals surface area contributed by atoms with Gasteiger partial charge in [0.1, 0.15) is 11.3 Å². The summed E-state index contributed by atoms with van der Waals surface area (Å²) in [5.41, 5.74) is 3.28. The van der Waals surface area contributed by atoms with Gasteiger partial charge in [-0.25, -0.2) is 9.97 Å². The molecule has 2 aromatic heterocycles. The van der Waals surface area contributed by atoms with E-state index >= 15 is 0 Å². The summed E-state index contributed by atoms with van der Waals surface area (Å²) in [5.74, 6) is 0.208. The van der Waals surface area contributed by atoms with Crippen LogP contribution in [0.4, 0.5) is 11.4 Å². The Bertz CT molecular complexity index is 1040. The number of pyridine rings is 2. The fraction of sp³-hybridized carbons (Fsp3) is 0. The lowest BCUT2D eigenvalue weighted by atomic mass is 10.1. The molecule has 0 aliphatic heterocycles. The summed E-state index contributed by atoms with van der Waals surface area (Å²) in [6, 6.07) is 16.4. The van der Waals surface area contributed by atoms with Crippen LogP contribution >= 0.6 is 0 Å². The molecule has 0 saturated carbocycles. The Morgan fingerprint density at radius 2 is 1.76 bits per heavy atom. The average Bonchev–Trinajstić information content (AvgIpc) is 2.61. The van der Waals surface area contributed by atoms with Gasteiger partial charge in [-0.2, -0.15) is 5.11 Å². The van der Waals surface area contributed by atoms with E-state index in [1.165, 1.54) is 0 Å². The first kappa shape index (κ1) is 18.3. The summed E-state index contributed by atoms with van der Waals surface area (Å²) >= 11 is 0. The number of nitrogens with zero attached hydrogens (tertiary/aromatic N) is 3. The van der Waals surface area contributed by atoms with Crippen molar-refractivity contribution in [3.05, 3.63) is 67.0 Å². The molecule has 0 saturated heterocycles. The number of nitrogens with one attached hydrogen (secondary N) is 1. The minimum Gasteiger partial charge on any atom is -1.00 e. The number of phenols is 1. The zero-order valence-corrected chi connectivity index (χ0v) is 13.8. The molecular formula is C18H15ClN4O2. The van der Waals surface area contributed by atoms with Gasteiger partial charge in [-0.1, -0.05) is 0 Å². The molecule has 0 aliphatic carbocycles. The quantitative estimate of drug-likeness (QED) is 0.418. The SMILES string of the molecule is O.Oc1ccc(N=Nc2cc3ccc[nH+]c3c3ncccc23)cc1.[Cl-]. The second-order valence-corrected chi connectivity index (χ2v) is 5.15. The number of halogens is 1. The maximum atomic E-state index is 9.32. The van der Waals surface area contributed by atoms with Crippen molar-refractivity contribution >= 4 is 33.2 Å². The van der Waals surface area contributed by atoms with Gasteiger partial charge in [0, 0.05) is 17.6 Å².